The first-order chi connectivity index (χ1) is 8.38. The number of H-pyrrole nitrogens is 1. The zero-order valence-corrected chi connectivity index (χ0v) is 9.63. The highest BCUT2D eigenvalue weighted by Gasteiger charge is 2.08. The van der Waals surface area contributed by atoms with E-state index in [9.17, 15) is 5.11 Å². The molecule has 90 valence electrons. The van der Waals surface area contributed by atoms with E-state index in [0.29, 0.717) is 0 Å². The number of benzene rings is 1. The number of nitrogens with zero attached hydrogens (tertiary/aromatic N) is 1. The maximum absolute atomic E-state index is 9.31. The van der Waals surface area contributed by atoms with E-state index in [1.807, 2.05) is 18.2 Å². The van der Waals surface area contributed by atoms with Gasteiger partial charge in [-0.2, -0.15) is 0 Å². The monoisotopic (exact) mass is 231 g/mol. The van der Waals surface area contributed by atoms with Gasteiger partial charge in [-0.3, -0.25) is 0 Å². The van der Waals surface area contributed by atoms with Crippen LogP contribution >= 0.6 is 0 Å². The Labute approximate surface area is 101 Å². The Kier molecular flexibility index (Phi) is 4.30. The van der Waals surface area contributed by atoms with E-state index in [1.54, 1.807) is 12.5 Å². The number of aromatic nitrogens is 2. The lowest BCUT2D eigenvalue weighted by Gasteiger charge is -2.15. The highest BCUT2D eigenvalue weighted by Crippen LogP contribution is 2.01. The SMILES string of the molecule is OC[C@H](Cc1cnc[nH]1)NCc1ccccc1. The van der Waals surface area contributed by atoms with E-state index in [4.69, 9.17) is 0 Å². The molecule has 2 aromatic rings. The minimum Gasteiger partial charge on any atom is -0.395 e. The van der Waals surface area contributed by atoms with Gasteiger partial charge in [-0.05, 0) is 5.56 Å². The fourth-order valence-corrected chi connectivity index (χ4v) is 1.72. The second-order valence-electron chi connectivity index (χ2n) is 4.03. The van der Waals surface area contributed by atoms with Crippen LogP contribution in [0, 0.1) is 0 Å². The van der Waals surface area contributed by atoms with Gasteiger partial charge in [0.05, 0.1) is 12.9 Å². The van der Waals surface area contributed by atoms with E-state index in [0.717, 1.165) is 18.7 Å². The predicted octanol–water partition coefficient (Wildman–Crippen LogP) is 1.10. The summed E-state index contributed by atoms with van der Waals surface area (Å²) >= 11 is 0. The fourth-order valence-electron chi connectivity index (χ4n) is 1.72. The molecule has 0 saturated carbocycles. The average molecular weight is 231 g/mol. The van der Waals surface area contributed by atoms with Crippen molar-refractivity contribution in [3.05, 3.63) is 54.1 Å². The van der Waals surface area contributed by atoms with Crippen LogP contribution in [0.3, 0.4) is 0 Å². The summed E-state index contributed by atoms with van der Waals surface area (Å²) in [6.07, 6.45) is 4.19. The van der Waals surface area contributed by atoms with Crippen molar-refractivity contribution in [3.8, 4) is 0 Å². The smallest absolute Gasteiger partial charge is 0.0921 e. The highest BCUT2D eigenvalue weighted by molar-refractivity contribution is 5.14. The maximum Gasteiger partial charge on any atom is 0.0921 e. The van der Waals surface area contributed by atoms with E-state index in [2.05, 4.69) is 27.4 Å². The molecule has 2 rings (SSSR count). The number of hydrogen-bond donors (Lipinski definition) is 3. The third-order valence-electron chi connectivity index (χ3n) is 2.68. The van der Waals surface area contributed by atoms with Gasteiger partial charge in [-0.25, -0.2) is 4.98 Å². The lowest BCUT2D eigenvalue weighted by Crippen LogP contribution is -2.34. The van der Waals surface area contributed by atoms with Gasteiger partial charge in [0, 0.05) is 30.9 Å². The first-order valence-electron chi connectivity index (χ1n) is 5.74. The third kappa shape index (κ3) is 3.69. The number of rotatable bonds is 6. The summed E-state index contributed by atoms with van der Waals surface area (Å²) in [5.41, 5.74) is 2.25. The minimum absolute atomic E-state index is 0.0515. The molecule has 0 amide bonds. The second-order valence-corrected chi connectivity index (χ2v) is 4.03. The van der Waals surface area contributed by atoms with Crippen LogP contribution in [0.5, 0.6) is 0 Å². The van der Waals surface area contributed by atoms with Crippen molar-refractivity contribution in [3.63, 3.8) is 0 Å². The Hall–Kier alpha value is -1.65. The van der Waals surface area contributed by atoms with Gasteiger partial charge in [0.25, 0.3) is 0 Å². The molecule has 0 spiro atoms. The molecule has 17 heavy (non-hydrogen) atoms. The summed E-state index contributed by atoms with van der Waals surface area (Å²) in [6, 6.07) is 10.2. The quantitative estimate of drug-likeness (QED) is 0.697. The van der Waals surface area contributed by atoms with E-state index < -0.39 is 0 Å². The molecule has 0 aliphatic heterocycles. The molecule has 0 fully saturated rings. The van der Waals surface area contributed by atoms with Gasteiger partial charge in [-0.15, -0.1) is 0 Å². The van der Waals surface area contributed by atoms with Crippen molar-refractivity contribution < 1.29 is 5.11 Å². The van der Waals surface area contributed by atoms with Crippen LogP contribution in [0.15, 0.2) is 42.9 Å². The van der Waals surface area contributed by atoms with Crippen LogP contribution in [0.25, 0.3) is 0 Å². The molecule has 0 radical (unpaired) electrons. The summed E-state index contributed by atoms with van der Waals surface area (Å²) in [5, 5.41) is 12.6. The molecule has 1 atom stereocenters. The van der Waals surface area contributed by atoms with Gasteiger partial charge in [0.2, 0.25) is 0 Å². The summed E-state index contributed by atoms with van der Waals surface area (Å²) in [7, 11) is 0. The molecule has 4 heteroatoms. The number of aliphatic hydroxyl groups excluding tert-OH is 1. The predicted molar refractivity (Wildman–Crippen MR) is 66.4 cm³/mol. The molecule has 1 heterocycles. The van der Waals surface area contributed by atoms with E-state index in [1.165, 1.54) is 5.56 Å². The van der Waals surface area contributed by atoms with Crippen LogP contribution < -0.4 is 5.32 Å². The largest absolute Gasteiger partial charge is 0.395 e. The molecular weight excluding hydrogens is 214 g/mol. The Morgan fingerprint density at radius 1 is 1.29 bits per heavy atom. The van der Waals surface area contributed by atoms with Crippen molar-refractivity contribution in [2.75, 3.05) is 6.61 Å². The molecule has 0 aliphatic carbocycles. The number of aliphatic hydroxyl groups is 1. The van der Waals surface area contributed by atoms with Crippen LogP contribution in [-0.4, -0.2) is 27.7 Å². The van der Waals surface area contributed by atoms with Crippen molar-refractivity contribution in [2.45, 2.75) is 19.0 Å². The first-order valence-corrected chi connectivity index (χ1v) is 5.74. The molecule has 1 aromatic carbocycles. The van der Waals surface area contributed by atoms with Crippen LogP contribution in [-0.2, 0) is 13.0 Å². The van der Waals surface area contributed by atoms with Gasteiger partial charge in [0.15, 0.2) is 0 Å². The lowest BCUT2D eigenvalue weighted by atomic mass is 10.1. The molecule has 0 aliphatic rings. The van der Waals surface area contributed by atoms with Gasteiger partial charge >= 0.3 is 0 Å². The molecule has 0 unspecified atom stereocenters. The zero-order valence-electron chi connectivity index (χ0n) is 9.63. The summed E-state index contributed by atoms with van der Waals surface area (Å²) in [6.45, 7) is 0.881. The summed E-state index contributed by atoms with van der Waals surface area (Å²) in [4.78, 5) is 7.00. The Bertz CT molecular complexity index is 413. The Balaban J connectivity index is 1.84. The maximum atomic E-state index is 9.31. The number of nitrogens with one attached hydrogen (secondary N) is 2. The minimum atomic E-state index is 0.0515. The van der Waals surface area contributed by atoms with E-state index >= 15 is 0 Å². The number of hydrogen-bond acceptors (Lipinski definition) is 3. The lowest BCUT2D eigenvalue weighted by molar-refractivity contribution is 0.240. The standard InChI is InChI=1S/C13H17N3O/c17-9-13(6-12-8-14-10-16-12)15-7-11-4-2-1-3-5-11/h1-5,8,10,13,15,17H,6-7,9H2,(H,14,16)/t13-/m0/s1. The molecule has 0 bridgehead atoms. The van der Waals surface area contributed by atoms with Gasteiger partial charge in [0.1, 0.15) is 0 Å². The fraction of sp³-hybridized carbons (Fsp3) is 0.308. The van der Waals surface area contributed by atoms with Crippen molar-refractivity contribution >= 4 is 0 Å². The molecule has 1 aromatic heterocycles. The molecule has 4 nitrogen and oxygen atoms in total. The Morgan fingerprint density at radius 2 is 2.12 bits per heavy atom. The molecular formula is C13H17N3O. The van der Waals surface area contributed by atoms with Crippen molar-refractivity contribution in [1.82, 2.24) is 15.3 Å². The number of imidazole rings is 1. The molecule has 3 N–H and O–H groups in total. The average Bonchev–Trinajstić information content (AvgIpc) is 2.88. The highest BCUT2D eigenvalue weighted by atomic mass is 16.3. The third-order valence-corrected chi connectivity index (χ3v) is 2.68. The summed E-state index contributed by atoms with van der Waals surface area (Å²) in [5.74, 6) is 0. The van der Waals surface area contributed by atoms with Crippen LogP contribution in [0.4, 0.5) is 0 Å². The van der Waals surface area contributed by atoms with Crippen LogP contribution in [0.2, 0.25) is 0 Å². The van der Waals surface area contributed by atoms with Crippen molar-refractivity contribution in [2.24, 2.45) is 0 Å². The topological polar surface area (TPSA) is 60.9 Å². The van der Waals surface area contributed by atoms with Crippen molar-refractivity contribution in [1.29, 1.82) is 0 Å². The van der Waals surface area contributed by atoms with Crippen LogP contribution in [0.1, 0.15) is 11.3 Å². The first kappa shape index (κ1) is 11.8. The van der Waals surface area contributed by atoms with Gasteiger partial charge < -0.3 is 15.4 Å². The Morgan fingerprint density at radius 3 is 2.76 bits per heavy atom. The molecule has 0 saturated heterocycles. The van der Waals surface area contributed by atoms with Gasteiger partial charge in [-0.1, -0.05) is 30.3 Å². The van der Waals surface area contributed by atoms with E-state index in [-0.39, 0.29) is 12.6 Å². The number of aromatic amines is 1. The zero-order chi connectivity index (χ0) is 11.9. The second kappa shape index (κ2) is 6.18. The normalized spacial score (nSPS) is 12.5. The summed E-state index contributed by atoms with van der Waals surface area (Å²) < 4.78 is 0.